The number of ether oxygens (including phenoxy) is 2. The lowest BCUT2D eigenvalue weighted by atomic mass is 10.2. The predicted octanol–water partition coefficient (Wildman–Crippen LogP) is 3.93. The van der Waals surface area contributed by atoms with Crippen molar-refractivity contribution < 1.29 is 19.1 Å². The number of hydrogen-bond donors (Lipinski definition) is 2. The van der Waals surface area contributed by atoms with E-state index in [1.165, 1.54) is 23.1 Å². The van der Waals surface area contributed by atoms with E-state index in [-0.39, 0.29) is 17.6 Å². The minimum Gasteiger partial charge on any atom is -0.495 e. The van der Waals surface area contributed by atoms with Gasteiger partial charge in [0.25, 0.3) is 5.91 Å². The molecule has 30 heavy (non-hydrogen) atoms. The van der Waals surface area contributed by atoms with E-state index >= 15 is 0 Å². The van der Waals surface area contributed by atoms with Gasteiger partial charge < -0.3 is 14.8 Å². The van der Waals surface area contributed by atoms with E-state index in [1.807, 2.05) is 19.1 Å². The second kappa shape index (κ2) is 10.6. The SMILES string of the molecule is CCOc1ccc(C(=O)Nc2nnc(SCC(=O)Nc3ccccc3OC)s2)cc1. The second-order valence-electron chi connectivity index (χ2n) is 5.82. The third-order valence-corrected chi connectivity index (χ3v) is 5.73. The molecule has 3 rings (SSSR count). The van der Waals surface area contributed by atoms with Crippen molar-refractivity contribution in [3.63, 3.8) is 0 Å². The third kappa shape index (κ3) is 5.94. The van der Waals surface area contributed by atoms with Gasteiger partial charge in [-0.25, -0.2) is 0 Å². The maximum absolute atomic E-state index is 12.3. The molecule has 0 unspecified atom stereocenters. The number of anilines is 2. The number of carbonyl (C=O) groups is 2. The van der Waals surface area contributed by atoms with Crippen LogP contribution in [0.2, 0.25) is 0 Å². The van der Waals surface area contributed by atoms with Crippen molar-refractivity contribution in [3.8, 4) is 11.5 Å². The zero-order valence-corrected chi connectivity index (χ0v) is 18.0. The van der Waals surface area contributed by atoms with Gasteiger partial charge in [0.15, 0.2) is 4.34 Å². The first-order chi connectivity index (χ1) is 14.6. The standard InChI is InChI=1S/C20H20N4O4S2/c1-3-28-14-10-8-13(9-11-14)18(26)22-19-23-24-20(30-19)29-12-17(25)21-15-6-4-5-7-16(15)27-2/h4-11H,3,12H2,1-2H3,(H,21,25)(H,22,23,26). The molecule has 156 valence electrons. The van der Waals surface area contributed by atoms with Crippen LogP contribution in [0.25, 0.3) is 0 Å². The number of thioether (sulfide) groups is 1. The Kier molecular flexibility index (Phi) is 7.63. The van der Waals surface area contributed by atoms with Crippen molar-refractivity contribution in [3.05, 3.63) is 54.1 Å². The topological polar surface area (TPSA) is 102 Å². The highest BCUT2D eigenvalue weighted by atomic mass is 32.2. The quantitative estimate of drug-likeness (QED) is 0.381. The molecule has 1 aromatic heterocycles. The Morgan fingerprint density at radius 1 is 1.07 bits per heavy atom. The van der Waals surface area contributed by atoms with Gasteiger partial charge in [0.2, 0.25) is 11.0 Å². The zero-order valence-electron chi connectivity index (χ0n) is 16.4. The highest BCUT2D eigenvalue weighted by molar-refractivity contribution is 8.01. The number of amides is 2. The highest BCUT2D eigenvalue weighted by Gasteiger charge is 2.13. The van der Waals surface area contributed by atoms with Gasteiger partial charge in [-0.05, 0) is 43.3 Å². The summed E-state index contributed by atoms with van der Waals surface area (Å²) in [7, 11) is 1.55. The molecule has 3 aromatic rings. The van der Waals surface area contributed by atoms with Crippen molar-refractivity contribution in [1.82, 2.24) is 10.2 Å². The molecule has 0 saturated heterocycles. The first kappa shape index (κ1) is 21.6. The van der Waals surface area contributed by atoms with Gasteiger partial charge in [-0.15, -0.1) is 10.2 Å². The summed E-state index contributed by atoms with van der Waals surface area (Å²) < 4.78 is 11.2. The average Bonchev–Trinajstić information content (AvgIpc) is 3.20. The summed E-state index contributed by atoms with van der Waals surface area (Å²) in [5.41, 5.74) is 1.09. The molecule has 0 saturated carbocycles. The number of methoxy groups -OCH3 is 1. The number of para-hydroxylation sites is 2. The van der Waals surface area contributed by atoms with Crippen LogP contribution in [-0.4, -0.2) is 41.5 Å². The van der Waals surface area contributed by atoms with Crippen LogP contribution in [0.5, 0.6) is 11.5 Å². The summed E-state index contributed by atoms with van der Waals surface area (Å²) >= 11 is 2.44. The molecule has 0 radical (unpaired) electrons. The Balaban J connectivity index is 1.51. The summed E-state index contributed by atoms with van der Waals surface area (Å²) in [4.78, 5) is 24.5. The van der Waals surface area contributed by atoms with E-state index in [1.54, 1.807) is 43.5 Å². The van der Waals surface area contributed by atoms with Gasteiger partial charge in [-0.1, -0.05) is 35.2 Å². The van der Waals surface area contributed by atoms with Gasteiger partial charge in [0.1, 0.15) is 11.5 Å². The summed E-state index contributed by atoms with van der Waals surface area (Å²) in [5, 5.41) is 13.8. The number of hydrogen-bond acceptors (Lipinski definition) is 8. The van der Waals surface area contributed by atoms with Gasteiger partial charge >= 0.3 is 0 Å². The molecular formula is C20H20N4O4S2. The fourth-order valence-corrected chi connectivity index (χ4v) is 3.97. The fraction of sp³-hybridized carbons (Fsp3) is 0.200. The lowest BCUT2D eigenvalue weighted by Crippen LogP contribution is -2.14. The Bertz CT molecular complexity index is 1010. The molecular weight excluding hydrogens is 424 g/mol. The summed E-state index contributed by atoms with van der Waals surface area (Å²) in [6.07, 6.45) is 0. The number of nitrogens with zero attached hydrogens (tertiary/aromatic N) is 2. The van der Waals surface area contributed by atoms with Gasteiger partial charge in [-0.2, -0.15) is 0 Å². The molecule has 0 bridgehead atoms. The average molecular weight is 445 g/mol. The Hall–Kier alpha value is -3.11. The van der Waals surface area contributed by atoms with Crippen LogP contribution in [0.15, 0.2) is 52.9 Å². The normalized spacial score (nSPS) is 10.3. The molecule has 0 aliphatic carbocycles. The second-order valence-corrected chi connectivity index (χ2v) is 8.02. The van der Waals surface area contributed by atoms with E-state index < -0.39 is 0 Å². The van der Waals surface area contributed by atoms with E-state index in [0.29, 0.717) is 38.8 Å². The summed E-state index contributed by atoms with van der Waals surface area (Å²) in [6.45, 7) is 2.46. The molecule has 2 amide bonds. The monoisotopic (exact) mass is 444 g/mol. The van der Waals surface area contributed by atoms with Crippen LogP contribution < -0.4 is 20.1 Å². The molecule has 0 fully saturated rings. The summed E-state index contributed by atoms with van der Waals surface area (Å²) in [5.74, 6) is 0.958. The Morgan fingerprint density at radius 3 is 2.57 bits per heavy atom. The van der Waals surface area contributed by atoms with Crippen LogP contribution >= 0.6 is 23.1 Å². The fourth-order valence-electron chi connectivity index (χ4n) is 2.42. The van der Waals surface area contributed by atoms with Gasteiger partial charge in [0, 0.05) is 5.56 Å². The van der Waals surface area contributed by atoms with E-state index in [2.05, 4.69) is 20.8 Å². The van der Waals surface area contributed by atoms with Crippen LogP contribution in [-0.2, 0) is 4.79 Å². The molecule has 8 nitrogen and oxygen atoms in total. The van der Waals surface area contributed by atoms with Crippen molar-refractivity contribution >= 4 is 45.7 Å². The van der Waals surface area contributed by atoms with E-state index in [0.717, 1.165) is 0 Å². The molecule has 0 aliphatic heterocycles. The van der Waals surface area contributed by atoms with E-state index in [4.69, 9.17) is 9.47 Å². The Labute approximate surface area is 182 Å². The molecule has 10 heteroatoms. The molecule has 0 spiro atoms. The number of aromatic nitrogens is 2. The number of nitrogens with one attached hydrogen (secondary N) is 2. The summed E-state index contributed by atoms with van der Waals surface area (Å²) in [6, 6.07) is 14.0. The Morgan fingerprint density at radius 2 is 1.83 bits per heavy atom. The van der Waals surface area contributed by atoms with Crippen LogP contribution in [0, 0.1) is 0 Å². The van der Waals surface area contributed by atoms with Crippen LogP contribution in [0.4, 0.5) is 10.8 Å². The smallest absolute Gasteiger partial charge is 0.257 e. The van der Waals surface area contributed by atoms with Crippen molar-refractivity contribution in [2.45, 2.75) is 11.3 Å². The van der Waals surface area contributed by atoms with Gasteiger partial charge in [0.05, 0.1) is 25.2 Å². The van der Waals surface area contributed by atoms with Gasteiger partial charge in [-0.3, -0.25) is 14.9 Å². The van der Waals surface area contributed by atoms with E-state index in [9.17, 15) is 9.59 Å². The molecule has 0 atom stereocenters. The van der Waals surface area contributed by atoms with Crippen molar-refractivity contribution in [1.29, 1.82) is 0 Å². The van der Waals surface area contributed by atoms with Crippen LogP contribution in [0.1, 0.15) is 17.3 Å². The largest absolute Gasteiger partial charge is 0.495 e. The lowest BCUT2D eigenvalue weighted by Gasteiger charge is -2.08. The number of carbonyl (C=O) groups excluding carboxylic acids is 2. The number of rotatable bonds is 9. The molecule has 2 aromatic carbocycles. The molecule has 2 N–H and O–H groups in total. The van der Waals surface area contributed by atoms with Crippen LogP contribution in [0.3, 0.4) is 0 Å². The minimum absolute atomic E-state index is 0.152. The third-order valence-electron chi connectivity index (χ3n) is 3.76. The first-order valence-electron chi connectivity index (χ1n) is 9.02. The molecule has 1 heterocycles. The number of benzene rings is 2. The maximum atomic E-state index is 12.3. The zero-order chi connectivity index (χ0) is 21.3. The molecule has 0 aliphatic rings. The lowest BCUT2D eigenvalue weighted by molar-refractivity contribution is -0.113. The highest BCUT2D eigenvalue weighted by Crippen LogP contribution is 2.27. The minimum atomic E-state index is -0.292. The maximum Gasteiger partial charge on any atom is 0.257 e. The first-order valence-corrected chi connectivity index (χ1v) is 10.8. The van der Waals surface area contributed by atoms with Crippen molar-refractivity contribution in [2.75, 3.05) is 30.1 Å². The van der Waals surface area contributed by atoms with Crippen molar-refractivity contribution in [2.24, 2.45) is 0 Å². The predicted molar refractivity (Wildman–Crippen MR) is 118 cm³/mol.